The van der Waals surface area contributed by atoms with E-state index < -0.39 is 0 Å². The predicted molar refractivity (Wildman–Crippen MR) is 66.8 cm³/mol. The number of piperidine rings is 1. The van der Waals surface area contributed by atoms with Gasteiger partial charge in [-0.15, -0.1) is 0 Å². The summed E-state index contributed by atoms with van der Waals surface area (Å²) >= 11 is 0. The summed E-state index contributed by atoms with van der Waals surface area (Å²) in [6.45, 7) is 6.46. The van der Waals surface area contributed by atoms with Gasteiger partial charge in [-0.3, -0.25) is 4.79 Å². The molecule has 2 saturated heterocycles. The smallest absolute Gasteiger partial charge is 0.219 e. The molecule has 0 radical (unpaired) electrons. The molecular weight excluding hydrogens is 216 g/mol. The molecule has 17 heavy (non-hydrogen) atoms. The van der Waals surface area contributed by atoms with E-state index in [9.17, 15) is 4.79 Å². The van der Waals surface area contributed by atoms with E-state index in [1.807, 2.05) is 4.90 Å². The molecule has 0 aromatic rings. The highest BCUT2D eigenvalue weighted by Gasteiger charge is 2.21. The molecule has 98 valence electrons. The SMILES string of the molecule is CC(=O)N1CCC(CNC2CCOCC2)CC1. The molecule has 1 amide bonds. The number of ether oxygens (including phenoxy) is 1. The number of amides is 1. The van der Waals surface area contributed by atoms with Gasteiger partial charge in [-0.1, -0.05) is 0 Å². The Bertz CT molecular complexity index is 244. The molecule has 0 bridgehead atoms. The minimum absolute atomic E-state index is 0.223. The van der Waals surface area contributed by atoms with Crippen molar-refractivity contribution < 1.29 is 9.53 Å². The van der Waals surface area contributed by atoms with Crippen LogP contribution in [0.5, 0.6) is 0 Å². The number of carbonyl (C=O) groups excluding carboxylic acids is 1. The largest absolute Gasteiger partial charge is 0.381 e. The van der Waals surface area contributed by atoms with Crippen LogP contribution in [0.25, 0.3) is 0 Å². The molecule has 2 heterocycles. The molecule has 2 aliphatic heterocycles. The zero-order valence-electron chi connectivity index (χ0n) is 10.8. The van der Waals surface area contributed by atoms with E-state index in [1.54, 1.807) is 6.92 Å². The molecule has 0 spiro atoms. The van der Waals surface area contributed by atoms with Crippen LogP contribution >= 0.6 is 0 Å². The summed E-state index contributed by atoms with van der Waals surface area (Å²) in [6, 6.07) is 0.648. The topological polar surface area (TPSA) is 41.6 Å². The van der Waals surface area contributed by atoms with Crippen molar-refractivity contribution in [2.75, 3.05) is 32.8 Å². The molecule has 2 aliphatic rings. The number of likely N-dealkylation sites (tertiary alicyclic amines) is 1. The molecule has 2 fully saturated rings. The Morgan fingerprint density at radius 2 is 1.88 bits per heavy atom. The maximum absolute atomic E-state index is 11.2. The Kier molecular flexibility index (Phi) is 4.80. The van der Waals surface area contributed by atoms with Gasteiger partial charge in [-0.2, -0.15) is 0 Å². The van der Waals surface area contributed by atoms with Gasteiger partial charge < -0.3 is 15.0 Å². The second kappa shape index (κ2) is 6.36. The maximum Gasteiger partial charge on any atom is 0.219 e. The highest BCUT2D eigenvalue weighted by atomic mass is 16.5. The molecule has 0 atom stereocenters. The molecule has 1 N–H and O–H groups in total. The van der Waals surface area contributed by atoms with Gasteiger partial charge in [-0.25, -0.2) is 0 Å². The summed E-state index contributed by atoms with van der Waals surface area (Å²) in [7, 11) is 0. The van der Waals surface area contributed by atoms with Crippen LogP contribution in [-0.4, -0.2) is 49.7 Å². The van der Waals surface area contributed by atoms with Gasteiger partial charge in [0.1, 0.15) is 0 Å². The van der Waals surface area contributed by atoms with Crippen LogP contribution in [-0.2, 0) is 9.53 Å². The standard InChI is InChI=1S/C13H24N2O2/c1-11(16)15-6-2-12(3-7-15)10-14-13-4-8-17-9-5-13/h12-14H,2-10H2,1H3. The molecule has 0 aromatic carbocycles. The summed E-state index contributed by atoms with van der Waals surface area (Å²) in [5, 5.41) is 3.65. The van der Waals surface area contributed by atoms with Gasteiger partial charge in [0.25, 0.3) is 0 Å². The van der Waals surface area contributed by atoms with Crippen molar-refractivity contribution in [3.05, 3.63) is 0 Å². The molecule has 0 aromatic heterocycles. The summed E-state index contributed by atoms with van der Waals surface area (Å²) in [4.78, 5) is 13.2. The van der Waals surface area contributed by atoms with Crippen molar-refractivity contribution in [3.63, 3.8) is 0 Å². The van der Waals surface area contributed by atoms with Gasteiger partial charge in [0, 0.05) is 39.3 Å². The van der Waals surface area contributed by atoms with Crippen LogP contribution in [0.1, 0.15) is 32.6 Å². The Morgan fingerprint density at radius 3 is 2.47 bits per heavy atom. The lowest BCUT2D eigenvalue weighted by molar-refractivity contribution is -0.130. The third kappa shape index (κ3) is 3.96. The van der Waals surface area contributed by atoms with Crippen molar-refractivity contribution >= 4 is 5.91 Å². The first-order valence-corrected chi connectivity index (χ1v) is 6.82. The molecule has 0 saturated carbocycles. The van der Waals surface area contributed by atoms with Crippen LogP contribution < -0.4 is 5.32 Å². The minimum Gasteiger partial charge on any atom is -0.381 e. The Hall–Kier alpha value is -0.610. The normalized spacial score (nSPS) is 23.9. The Balaban J connectivity index is 1.62. The third-order valence-corrected chi connectivity index (χ3v) is 3.98. The highest BCUT2D eigenvalue weighted by Crippen LogP contribution is 2.17. The third-order valence-electron chi connectivity index (χ3n) is 3.98. The molecule has 2 rings (SSSR count). The van der Waals surface area contributed by atoms with E-state index in [0.717, 1.165) is 64.4 Å². The van der Waals surface area contributed by atoms with Crippen molar-refractivity contribution in [3.8, 4) is 0 Å². The quantitative estimate of drug-likeness (QED) is 0.800. The van der Waals surface area contributed by atoms with Crippen molar-refractivity contribution in [2.24, 2.45) is 5.92 Å². The fourth-order valence-corrected chi connectivity index (χ4v) is 2.69. The molecule has 4 heteroatoms. The number of rotatable bonds is 3. The minimum atomic E-state index is 0.223. The maximum atomic E-state index is 11.2. The average Bonchev–Trinajstić information content (AvgIpc) is 2.38. The fourth-order valence-electron chi connectivity index (χ4n) is 2.69. The molecular formula is C13H24N2O2. The number of hydrogen-bond donors (Lipinski definition) is 1. The van der Waals surface area contributed by atoms with Gasteiger partial charge in [0.05, 0.1) is 0 Å². The van der Waals surface area contributed by atoms with Crippen molar-refractivity contribution in [1.29, 1.82) is 0 Å². The van der Waals surface area contributed by atoms with Gasteiger partial charge >= 0.3 is 0 Å². The number of carbonyl (C=O) groups is 1. The fraction of sp³-hybridized carbons (Fsp3) is 0.923. The Labute approximate surface area is 104 Å². The zero-order valence-corrected chi connectivity index (χ0v) is 10.8. The number of hydrogen-bond acceptors (Lipinski definition) is 3. The lowest BCUT2D eigenvalue weighted by atomic mass is 9.96. The summed E-state index contributed by atoms with van der Waals surface area (Å²) < 4.78 is 5.35. The van der Waals surface area contributed by atoms with E-state index in [2.05, 4.69) is 5.32 Å². The van der Waals surface area contributed by atoms with Crippen LogP contribution in [0, 0.1) is 5.92 Å². The van der Waals surface area contributed by atoms with E-state index in [1.165, 1.54) is 0 Å². The first-order chi connectivity index (χ1) is 8.25. The second-order valence-corrected chi connectivity index (χ2v) is 5.24. The lowest BCUT2D eigenvalue weighted by Crippen LogP contribution is -2.42. The first-order valence-electron chi connectivity index (χ1n) is 6.82. The van der Waals surface area contributed by atoms with E-state index in [-0.39, 0.29) is 5.91 Å². The number of nitrogens with one attached hydrogen (secondary N) is 1. The van der Waals surface area contributed by atoms with Gasteiger partial charge in [-0.05, 0) is 38.1 Å². The van der Waals surface area contributed by atoms with Crippen LogP contribution in [0.2, 0.25) is 0 Å². The molecule has 0 aliphatic carbocycles. The summed E-state index contributed by atoms with van der Waals surface area (Å²) in [5.74, 6) is 0.967. The lowest BCUT2D eigenvalue weighted by Gasteiger charge is -2.33. The Morgan fingerprint density at radius 1 is 1.24 bits per heavy atom. The monoisotopic (exact) mass is 240 g/mol. The average molecular weight is 240 g/mol. The second-order valence-electron chi connectivity index (χ2n) is 5.24. The molecule has 0 unspecified atom stereocenters. The van der Waals surface area contributed by atoms with Crippen LogP contribution in [0.4, 0.5) is 0 Å². The van der Waals surface area contributed by atoms with Crippen LogP contribution in [0.3, 0.4) is 0 Å². The number of nitrogens with zero attached hydrogens (tertiary/aromatic N) is 1. The van der Waals surface area contributed by atoms with E-state index >= 15 is 0 Å². The summed E-state index contributed by atoms with van der Waals surface area (Å²) in [6.07, 6.45) is 4.59. The molecule has 4 nitrogen and oxygen atoms in total. The predicted octanol–water partition coefficient (Wildman–Crippen LogP) is 1.01. The van der Waals surface area contributed by atoms with Crippen LogP contribution in [0.15, 0.2) is 0 Å². The zero-order chi connectivity index (χ0) is 12.1. The van der Waals surface area contributed by atoms with Gasteiger partial charge in [0.2, 0.25) is 5.91 Å². The first kappa shape index (κ1) is 12.8. The van der Waals surface area contributed by atoms with E-state index in [0.29, 0.717) is 6.04 Å². The summed E-state index contributed by atoms with van der Waals surface area (Å²) in [5.41, 5.74) is 0. The van der Waals surface area contributed by atoms with Crippen molar-refractivity contribution in [1.82, 2.24) is 10.2 Å². The van der Waals surface area contributed by atoms with E-state index in [4.69, 9.17) is 4.74 Å². The van der Waals surface area contributed by atoms with Gasteiger partial charge in [0.15, 0.2) is 0 Å². The van der Waals surface area contributed by atoms with Crippen molar-refractivity contribution in [2.45, 2.75) is 38.6 Å². The highest BCUT2D eigenvalue weighted by molar-refractivity contribution is 5.73.